The molecule has 0 aliphatic carbocycles. The van der Waals surface area contributed by atoms with Crippen molar-refractivity contribution in [2.75, 3.05) is 18.4 Å². The first-order valence-corrected chi connectivity index (χ1v) is 10.7. The molecule has 0 radical (unpaired) electrons. The Hall–Kier alpha value is -1.70. The number of halogens is 1. The fraction of sp³-hybridized carbons (Fsp3) is 0.316. The average Bonchev–Trinajstić information content (AvgIpc) is 2.64. The molecule has 1 amide bonds. The lowest BCUT2D eigenvalue weighted by Gasteiger charge is -2.31. The molecular weight excluding hydrogens is 416 g/mol. The van der Waals surface area contributed by atoms with Crippen molar-refractivity contribution >= 4 is 37.5 Å². The molecule has 1 aliphatic heterocycles. The fourth-order valence-electron chi connectivity index (χ4n) is 3.01. The quantitative estimate of drug-likeness (QED) is 0.792. The van der Waals surface area contributed by atoms with Crippen LogP contribution < -0.4 is 5.32 Å². The Kier molecular flexibility index (Phi) is 5.79. The van der Waals surface area contributed by atoms with Crippen LogP contribution in [-0.4, -0.2) is 31.7 Å². The number of benzene rings is 2. The number of rotatable bonds is 4. The smallest absolute Gasteiger partial charge is 0.243 e. The highest BCUT2D eigenvalue weighted by Crippen LogP contribution is 2.25. The number of hydrogen-bond donors (Lipinski definition) is 1. The second kappa shape index (κ2) is 7.90. The summed E-state index contributed by atoms with van der Waals surface area (Å²) in [6.45, 7) is 2.63. The number of amides is 1. The second-order valence-corrected chi connectivity index (χ2v) is 9.37. The van der Waals surface area contributed by atoms with Gasteiger partial charge in [-0.1, -0.05) is 33.6 Å². The van der Waals surface area contributed by atoms with E-state index < -0.39 is 10.0 Å². The summed E-state index contributed by atoms with van der Waals surface area (Å²) >= 11 is 3.31. The van der Waals surface area contributed by atoms with Crippen molar-refractivity contribution in [2.45, 2.75) is 24.7 Å². The van der Waals surface area contributed by atoms with E-state index in [1.54, 1.807) is 24.3 Å². The molecule has 0 saturated carbocycles. The first-order valence-electron chi connectivity index (χ1n) is 8.49. The highest BCUT2D eigenvalue weighted by molar-refractivity contribution is 9.10. The van der Waals surface area contributed by atoms with Crippen LogP contribution in [0.2, 0.25) is 0 Å². The Morgan fingerprint density at radius 2 is 1.77 bits per heavy atom. The van der Waals surface area contributed by atoms with Crippen LogP contribution in [0.4, 0.5) is 5.69 Å². The first kappa shape index (κ1) is 19.1. The van der Waals surface area contributed by atoms with E-state index in [1.165, 1.54) is 4.31 Å². The van der Waals surface area contributed by atoms with E-state index >= 15 is 0 Å². The molecule has 26 heavy (non-hydrogen) atoms. The Labute approximate surface area is 162 Å². The summed E-state index contributed by atoms with van der Waals surface area (Å²) in [5.74, 6) is -0.486. The molecule has 0 spiro atoms. The van der Waals surface area contributed by atoms with Gasteiger partial charge in [0.2, 0.25) is 15.9 Å². The third-order valence-corrected chi connectivity index (χ3v) is 6.93. The van der Waals surface area contributed by atoms with Crippen molar-refractivity contribution in [1.82, 2.24) is 4.31 Å². The van der Waals surface area contributed by atoms with Gasteiger partial charge in [0.15, 0.2) is 0 Å². The lowest BCUT2D eigenvalue weighted by molar-refractivity contribution is -0.120. The predicted molar refractivity (Wildman–Crippen MR) is 105 cm³/mol. The Bertz CT molecular complexity index is 880. The zero-order chi connectivity index (χ0) is 18.7. The molecule has 138 valence electrons. The maximum Gasteiger partial charge on any atom is 0.243 e. The molecule has 2 aromatic carbocycles. The topological polar surface area (TPSA) is 66.5 Å². The van der Waals surface area contributed by atoms with Crippen LogP contribution in [0.1, 0.15) is 18.4 Å². The van der Waals surface area contributed by atoms with E-state index in [9.17, 15) is 13.2 Å². The lowest BCUT2D eigenvalue weighted by atomic mass is 9.98. The van der Waals surface area contributed by atoms with Gasteiger partial charge >= 0.3 is 0 Å². The van der Waals surface area contributed by atoms with E-state index in [0.29, 0.717) is 19.4 Å². The van der Waals surface area contributed by atoms with Crippen molar-refractivity contribution in [1.29, 1.82) is 0 Å². The highest BCUT2D eigenvalue weighted by atomic mass is 79.9. The number of carbonyl (C=O) groups is 1. The van der Waals surface area contributed by atoms with Gasteiger partial charge in [-0.05, 0) is 56.2 Å². The predicted octanol–water partition coefficient (Wildman–Crippen LogP) is 3.80. The molecule has 1 fully saturated rings. The highest BCUT2D eigenvalue weighted by Gasteiger charge is 2.33. The molecule has 1 heterocycles. The van der Waals surface area contributed by atoms with Crippen LogP contribution >= 0.6 is 15.9 Å². The van der Waals surface area contributed by atoms with Crippen LogP contribution in [0.5, 0.6) is 0 Å². The van der Waals surface area contributed by atoms with Gasteiger partial charge in [0.1, 0.15) is 0 Å². The minimum Gasteiger partial charge on any atom is -0.326 e. The van der Waals surface area contributed by atoms with E-state index in [-0.39, 0.29) is 23.3 Å². The molecule has 3 rings (SSSR count). The summed E-state index contributed by atoms with van der Waals surface area (Å²) in [4.78, 5) is 12.8. The maximum atomic E-state index is 12.8. The monoisotopic (exact) mass is 436 g/mol. The molecule has 7 heteroatoms. The summed E-state index contributed by atoms with van der Waals surface area (Å²) in [5.41, 5.74) is 1.85. The fourth-order valence-corrected chi connectivity index (χ4v) is 4.80. The SMILES string of the molecule is Cc1ccc(NC(=O)[C@H]2CCCN(S(=O)(=O)c3ccc(Br)cc3)C2)cc1. The van der Waals surface area contributed by atoms with Crippen molar-refractivity contribution < 1.29 is 13.2 Å². The van der Waals surface area contributed by atoms with Crippen LogP contribution in [0.3, 0.4) is 0 Å². The zero-order valence-electron chi connectivity index (χ0n) is 14.5. The third kappa shape index (κ3) is 4.34. The van der Waals surface area contributed by atoms with Gasteiger partial charge in [-0.2, -0.15) is 4.31 Å². The van der Waals surface area contributed by atoms with E-state index in [1.807, 2.05) is 31.2 Å². The maximum absolute atomic E-state index is 12.8. The summed E-state index contributed by atoms with van der Waals surface area (Å²) in [7, 11) is -3.59. The van der Waals surface area contributed by atoms with Crippen LogP contribution in [0, 0.1) is 12.8 Å². The molecule has 0 aromatic heterocycles. The summed E-state index contributed by atoms with van der Waals surface area (Å²) < 4.78 is 27.9. The normalized spacial score (nSPS) is 18.5. The molecule has 0 unspecified atom stereocenters. The van der Waals surface area contributed by atoms with Gasteiger partial charge in [0, 0.05) is 23.2 Å². The molecule has 1 aliphatic rings. The number of piperidine rings is 1. The Morgan fingerprint density at radius 3 is 2.42 bits per heavy atom. The minimum atomic E-state index is -3.59. The number of nitrogens with zero attached hydrogens (tertiary/aromatic N) is 1. The number of nitrogens with one attached hydrogen (secondary N) is 1. The second-order valence-electron chi connectivity index (χ2n) is 6.51. The van der Waals surface area contributed by atoms with Crippen LogP contribution in [0.15, 0.2) is 57.9 Å². The molecule has 1 saturated heterocycles. The van der Waals surface area contributed by atoms with Gasteiger partial charge in [0.05, 0.1) is 10.8 Å². The largest absolute Gasteiger partial charge is 0.326 e. The molecular formula is C19H21BrN2O3S. The molecule has 5 nitrogen and oxygen atoms in total. The zero-order valence-corrected chi connectivity index (χ0v) is 16.9. The molecule has 1 atom stereocenters. The lowest BCUT2D eigenvalue weighted by Crippen LogP contribution is -2.43. The van der Waals surface area contributed by atoms with Crippen molar-refractivity contribution in [3.05, 3.63) is 58.6 Å². The average molecular weight is 437 g/mol. The number of sulfonamides is 1. The van der Waals surface area contributed by atoms with Crippen molar-refractivity contribution in [3.8, 4) is 0 Å². The van der Waals surface area contributed by atoms with Gasteiger partial charge in [-0.15, -0.1) is 0 Å². The number of carbonyl (C=O) groups excluding carboxylic acids is 1. The number of hydrogen-bond acceptors (Lipinski definition) is 3. The van der Waals surface area contributed by atoms with Gasteiger partial charge < -0.3 is 5.32 Å². The van der Waals surface area contributed by atoms with E-state index in [4.69, 9.17) is 0 Å². The minimum absolute atomic E-state index is 0.135. The standard InChI is InChI=1S/C19H21BrN2O3S/c1-14-4-8-17(9-5-14)21-19(23)15-3-2-12-22(13-15)26(24,25)18-10-6-16(20)7-11-18/h4-11,15H,2-3,12-13H2,1H3,(H,21,23)/t15-/m0/s1. The summed E-state index contributed by atoms with van der Waals surface area (Å²) in [5, 5.41) is 2.89. The van der Waals surface area contributed by atoms with E-state index in [2.05, 4.69) is 21.2 Å². The van der Waals surface area contributed by atoms with Crippen molar-refractivity contribution in [3.63, 3.8) is 0 Å². The molecule has 2 aromatic rings. The Balaban J connectivity index is 1.71. The summed E-state index contributed by atoms with van der Waals surface area (Å²) in [6, 6.07) is 14.1. The summed E-state index contributed by atoms with van der Waals surface area (Å²) in [6.07, 6.45) is 1.35. The molecule has 1 N–H and O–H groups in total. The first-order chi connectivity index (χ1) is 12.4. The van der Waals surface area contributed by atoms with Gasteiger partial charge in [0.25, 0.3) is 0 Å². The molecule has 0 bridgehead atoms. The van der Waals surface area contributed by atoms with Gasteiger partial charge in [-0.3, -0.25) is 4.79 Å². The van der Waals surface area contributed by atoms with Gasteiger partial charge in [-0.25, -0.2) is 8.42 Å². The third-order valence-electron chi connectivity index (χ3n) is 4.53. The van der Waals surface area contributed by atoms with Crippen molar-refractivity contribution in [2.24, 2.45) is 5.92 Å². The van der Waals surface area contributed by atoms with E-state index in [0.717, 1.165) is 15.7 Å². The Morgan fingerprint density at radius 1 is 1.12 bits per heavy atom. The van der Waals surface area contributed by atoms with Crippen LogP contribution in [-0.2, 0) is 14.8 Å². The number of aryl methyl sites for hydroxylation is 1. The van der Waals surface area contributed by atoms with Crippen LogP contribution in [0.25, 0.3) is 0 Å². The number of anilines is 1.